The van der Waals surface area contributed by atoms with E-state index < -0.39 is 84.1 Å². The molecule has 2 bridgehead atoms. The van der Waals surface area contributed by atoms with Crippen molar-refractivity contribution in [3.63, 3.8) is 0 Å². The number of aliphatic hydroxyl groups excluding tert-OH is 4. The number of fused-ring (bicyclic) bond motifs is 3. The Kier molecular flexibility index (Phi) is 22.2. The molecule has 0 radical (unpaired) electrons. The first kappa shape index (κ1) is 56.6. The number of ketones is 1. The van der Waals surface area contributed by atoms with Crippen LogP contribution in [0.25, 0.3) is 0 Å². The molecule has 0 aromatic rings. The molecule has 1 aliphatic carbocycles. The zero-order valence-electron chi connectivity index (χ0n) is 42.3. The van der Waals surface area contributed by atoms with Crippen molar-refractivity contribution in [1.29, 1.82) is 0 Å². The number of esters is 1. The van der Waals surface area contributed by atoms with Gasteiger partial charge in [0.15, 0.2) is 0 Å². The van der Waals surface area contributed by atoms with E-state index in [0.29, 0.717) is 63.4 Å². The number of aliphatic hydroxyl groups is 5. The Morgan fingerprint density at radius 1 is 0.910 bits per heavy atom. The molecular formula is C54H87NO12. The lowest BCUT2D eigenvalue weighted by Crippen LogP contribution is -2.60. The minimum absolute atomic E-state index is 0.0402. The van der Waals surface area contributed by atoms with Gasteiger partial charge in [-0.05, 0) is 133 Å². The first-order chi connectivity index (χ1) is 31.6. The number of hydrogen-bond acceptors (Lipinski definition) is 12. The molecule has 67 heavy (non-hydrogen) atoms. The van der Waals surface area contributed by atoms with Crippen LogP contribution < -0.4 is 0 Å². The summed E-state index contributed by atoms with van der Waals surface area (Å²) in [6.07, 6.45) is 12.8. The summed E-state index contributed by atoms with van der Waals surface area (Å²) >= 11 is 0. The van der Waals surface area contributed by atoms with E-state index in [4.69, 9.17) is 18.9 Å². The predicted molar refractivity (Wildman–Crippen MR) is 259 cm³/mol. The van der Waals surface area contributed by atoms with E-state index in [0.717, 1.165) is 24.0 Å². The average Bonchev–Trinajstić information content (AvgIpc) is 3.29. The van der Waals surface area contributed by atoms with Crippen LogP contribution in [0.3, 0.4) is 0 Å². The van der Waals surface area contributed by atoms with Crippen molar-refractivity contribution in [2.24, 2.45) is 41.4 Å². The summed E-state index contributed by atoms with van der Waals surface area (Å²) in [4.78, 5) is 44.1. The Labute approximate surface area is 401 Å². The SMILES string of the molecule is C=C(C)CC1/C=C/C(C)=C/CC2CCC(C)C(O)(O2)C(=O)C(=O)N2CCCCC2C(=O)OC(C(C)CC2CCC(O)C(OC)C2)CC(O)C(C)/C=C(\C)C(O)C(OC)C(O)C(C)CC(C)/C=C/1. The highest BCUT2D eigenvalue weighted by Gasteiger charge is 2.53. The Hall–Kier alpha value is -3.01. The van der Waals surface area contributed by atoms with E-state index in [1.54, 1.807) is 27.0 Å². The molecule has 5 N–H and O–H groups in total. The summed E-state index contributed by atoms with van der Waals surface area (Å²) in [5, 5.41) is 57.4. The fraction of sp³-hybridized carbons (Fsp3) is 0.759. The monoisotopic (exact) mass is 942 g/mol. The molecule has 17 unspecified atom stereocenters. The van der Waals surface area contributed by atoms with Gasteiger partial charge in [-0.2, -0.15) is 0 Å². The van der Waals surface area contributed by atoms with Crippen LogP contribution in [0.1, 0.15) is 139 Å². The molecule has 0 spiro atoms. The zero-order valence-corrected chi connectivity index (χ0v) is 42.3. The van der Waals surface area contributed by atoms with Crippen LogP contribution in [0.4, 0.5) is 0 Å². The van der Waals surface area contributed by atoms with Crippen LogP contribution >= 0.6 is 0 Å². The van der Waals surface area contributed by atoms with Gasteiger partial charge >= 0.3 is 5.97 Å². The molecule has 0 aromatic carbocycles. The standard InChI is InChI=1S/C54H87NO12/c1-32(2)26-40-19-15-33(3)17-22-42-23-18-39(9)54(63,67-42)51(60)52(61)55-25-13-12-14-43(55)53(62)66-46(36(6)29-41-21-24-44(56)47(30-41)64-10)31-45(57)35(5)28-38(8)49(59)50(65-11)48(58)37(7)27-34(4)16-20-40/h15-17,19-20,28,34-37,39-50,56-59,63H,1,12-14,18,21-27,29-31H2,2-11H3/b19-15+,20-16+,33-17+,38-28+. The van der Waals surface area contributed by atoms with Crippen LogP contribution in [0.5, 0.6) is 0 Å². The largest absolute Gasteiger partial charge is 0.460 e. The zero-order chi connectivity index (χ0) is 49.7. The Morgan fingerprint density at radius 3 is 2.30 bits per heavy atom. The predicted octanol–water partition coefficient (Wildman–Crippen LogP) is 7.33. The van der Waals surface area contributed by atoms with Gasteiger partial charge in [0.05, 0.1) is 30.5 Å². The average molecular weight is 942 g/mol. The van der Waals surface area contributed by atoms with Gasteiger partial charge in [0.25, 0.3) is 11.7 Å². The first-order valence-corrected chi connectivity index (χ1v) is 25.2. The molecular weight excluding hydrogens is 855 g/mol. The van der Waals surface area contributed by atoms with Crippen LogP contribution in [0.2, 0.25) is 0 Å². The fourth-order valence-electron chi connectivity index (χ4n) is 10.7. The van der Waals surface area contributed by atoms with Crippen LogP contribution in [0.15, 0.2) is 59.8 Å². The van der Waals surface area contributed by atoms with E-state index in [2.05, 4.69) is 31.7 Å². The third-order valence-corrected chi connectivity index (χ3v) is 15.2. The maximum absolute atomic E-state index is 14.4. The molecule has 4 aliphatic rings. The van der Waals surface area contributed by atoms with Gasteiger partial charge in [-0.1, -0.05) is 82.2 Å². The van der Waals surface area contributed by atoms with E-state index in [-0.39, 0.29) is 55.1 Å². The molecule has 0 aromatic heterocycles. The van der Waals surface area contributed by atoms with Gasteiger partial charge < -0.3 is 49.4 Å². The number of methoxy groups -OCH3 is 2. The molecule has 380 valence electrons. The summed E-state index contributed by atoms with van der Waals surface area (Å²) in [5.74, 6) is -6.52. The number of rotatable bonds is 7. The van der Waals surface area contributed by atoms with Crippen LogP contribution in [-0.4, -0.2) is 130 Å². The Morgan fingerprint density at radius 2 is 1.63 bits per heavy atom. The van der Waals surface area contributed by atoms with Crippen molar-refractivity contribution in [2.75, 3.05) is 20.8 Å². The number of ether oxygens (including phenoxy) is 4. The molecule has 13 heteroatoms. The van der Waals surface area contributed by atoms with Crippen LogP contribution in [0, 0.1) is 41.4 Å². The van der Waals surface area contributed by atoms with E-state index in [9.17, 15) is 39.9 Å². The number of Topliss-reactive ketones (excluding diaryl/α,β-unsaturated/α-hetero) is 1. The molecule has 2 saturated heterocycles. The molecule has 4 rings (SSSR count). The van der Waals surface area contributed by atoms with Crippen molar-refractivity contribution >= 4 is 17.7 Å². The van der Waals surface area contributed by atoms with Crippen LogP contribution in [-0.2, 0) is 33.3 Å². The van der Waals surface area contributed by atoms with Gasteiger partial charge in [-0.3, -0.25) is 9.59 Å². The third kappa shape index (κ3) is 15.7. The lowest BCUT2D eigenvalue weighted by atomic mass is 9.78. The second-order valence-corrected chi connectivity index (χ2v) is 21.1. The van der Waals surface area contributed by atoms with E-state index >= 15 is 0 Å². The summed E-state index contributed by atoms with van der Waals surface area (Å²) in [7, 11) is 3.05. The summed E-state index contributed by atoms with van der Waals surface area (Å²) in [6, 6.07) is -1.09. The molecule has 3 fully saturated rings. The normalized spacial score (nSPS) is 41.7. The molecule has 17 atom stereocenters. The summed E-state index contributed by atoms with van der Waals surface area (Å²) in [6.45, 7) is 19.5. The van der Waals surface area contributed by atoms with Gasteiger partial charge in [0, 0.05) is 39.0 Å². The number of carbonyl (C=O) groups is 3. The maximum Gasteiger partial charge on any atom is 0.329 e. The number of allylic oxidation sites excluding steroid dienone is 6. The highest BCUT2D eigenvalue weighted by atomic mass is 16.6. The minimum Gasteiger partial charge on any atom is -0.460 e. The van der Waals surface area contributed by atoms with Gasteiger partial charge in [-0.15, -0.1) is 6.58 Å². The fourth-order valence-corrected chi connectivity index (χ4v) is 10.7. The Bertz CT molecular complexity index is 1760. The summed E-state index contributed by atoms with van der Waals surface area (Å²) in [5.41, 5.74) is 2.51. The maximum atomic E-state index is 14.4. The van der Waals surface area contributed by atoms with Crippen molar-refractivity contribution in [2.45, 2.75) is 200 Å². The lowest BCUT2D eigenvalue weighted by Gasteiger charge is -2.42. The van der Waals surface area contributed by atoms with Crippen molar-refractivity contribution in [1.82, 2.24) is 4.90 Å². The number of nitrogens with zero attached hydrogens (tertiary/aromatic N) is 1. The second kappa shape index (κ2) is 26.3. The lowest BCUT2D eigenvalue weighted by molar-refractivity contribution is -0.262. The van der Waals surface area contributed by atoms with Crippen molar-refractivity contribution in [3.05, 3.63) is 59.8 Å². The highest BCUT2D eigenvalue weighted by molar-refractivity contribution is 6.39. The van der Waals surface area contributed by atoms with Crippen molar-refractivity contribution < 1.29 is 58.9 Å². The smallest absolute Gasteiger partial charge is 0.329 e. The number of piperidine rings is 1. The van der Waals surface area contributed by atoms with Gasteiger partial charge in [0.2, 0.25) is 5.79 Å². The number of carbonyl (C=O) groups excluding carboxylic acids is 3. The molecule has 1 amide bonds. The molecule has 3 aliphatic heterocycles. The quantitative estimate of drug-likeness (QED) is 0.0972. The van der Waals surface area contributed by atoms with Crippen molar-refractivity contribution in [3.8, 4) is 0 Å². The topological polar surface area (TPSA) is 193 Å². The highest BCUT2D eigenvalue weighted by Crippen LogP contribution is 2.37. The van der Waals surface area contributed by atoms with Gasteiger partial charge in [0.1, 0.15) is 24.4 Å². The minimum atomic E-state index is -2.38. The first-order valence-electron chi connectivity index (χ1n) is 25.2. The summed E-state index contributed by atoms with van der Waals surface area (Å²) < 4.78 is 23.8. The van der Waals surface area contributed by atoms with Gasteiger partial charge in [-0.25, -0.2) is 4.79 Å². The number of hydrogen-bond donors (Lipinski definition) is 5. The van der Waals surface area contributed by atoms with E-state index in [1.165, 1.54) is 12.0 Å². The number of cyclic esters (lactones) is 1. The molecule has 3 heterocycles. The second-order valence-electron chi connectivity index (χ2n) is 21.1. The number of amides is 1. The molecule has 13 nitrogen and oxygen atoms in total. The third-order valence-electron chi connectivity index (χ3n) is 15.2. The Balaban J connectivity index is 1.71. The van der Waals surface area contributed by atoms with E-state index in [1.807, 2.05) is 46.8 Å². The molecule has 1 saturated carbocycles.